The zero-order valence-electron chi connectivity index (χ0n) is 12.4. The Morgan fingerprint density at radius 2 is 2.00 bits per heavy atom. The van der Waals surface area contributed by atoms with E-state index in [1.54, 1.807) is 14.0 Å². The van der Waals surface area contributed by atoms with Crippen LogP contribution in [0.4, 0.5) is 5.00 Å². The molecule has 0 saturated heterocycles. The van der Waals surface area contributed by atoms with E-state index in [0.717, 1.165) is 10.4 Å². The van der Waals surface area contributed by atoms with Crippen LogP contribution >= 0.6 is 11.3 Å². The van der Waals surface area contributed by atoms with Gasteiger partial charge in [0.1, 0.15) is 5.00 Å². The molecule has 0 radical (unpaired) electrons. The molecule has 1 heterocycles. The van der Waals surface area contributed by atoms with Crippen LogP contribution in [0.25, 0.3) is 0 Å². The van der Waals surface area contributed by atoms with E-state index in [2.05, 4.69) is 5.32 Å². The summed E-state index contributed by atoms with van der Waals surface area (Å²) >= 11 is 1.40. The third kappa shape index (κ3) is 4.31. The number of esters is 1. The molecule has 1 aromatic heterocycles. The van der Waals surface area contributed by atoms with Crippen LogP contribution in [0.2, 0.25) is 0 Å². The number of aryl methyl sites for hydroxylation is 1. The van der Waals surface area contributed by atoms with E-state index in [1.165, 1.54) is 11.3 Å². The molecule has 0 aliphatic carbocycles. The Bertz CT molecular complexity index is 482. The van der Waals surface area contributed by atoms with Gasteiger partial charge in [0, 0.05) is 25.0 Å². The maximum absolute atomic E-state index is 12.0. The van der Waals surface area contributed by atoms with Gasteiger partial charge in [-0.05, 0) is 32.8 Å². The molecule has 0 spiro atoms. The molecule has 0 saturated carbocycles. The average molecular weight is 299 g/mol. The van der Waals surface area contributed by atoms with Gasteiger partial charge >= 0.3 is 5.97 Å². The van der Waals surface area contributed by atoms with Crippen molar-refractivity contribution in [3.63, 3.8) is 0 Å². The molecule has 0 aliphatic heterocycles. The fourth-order valence-corrected chi connectivity index (χ4v) is 2.79. The lowest BCUT2D eigenvalue weighted by molar-refractivity contribution is -0.116. The first-order valence-corrected chi connectivity index (χ1v) is 7.38. The fourth-order valence-electron chi connectivity index (χ4n) is 1.73. The van der Waals surface area contributed by atoms with Gasteiger partial charge in [0.2, 0.25) is 5.91 Å². The van der Waals surface area contributed by atoms with Crippen LogP contribution in [0.15, 0.2) is 0 Å². The van der Waals surface area contributed by atoms with Gasteiger partial charge in [-0.15, -0.1) is 11.3 Å². The number of amides is 1. The van der Waals surface area contributed by atoms with Crippen molar-refractivity contribution in [1.82, 2.24) is 0 Å². The molecule has 1 rings (SSSR count). The Labute approximate surface area is 123 Å². The van der Waals surface area contributed by atoms with Crippen molar-refractivity contribution in [1.29, 1.82) is 0 Å². The van der Waals surface area contributed by atoms with Crippen molar-refractivity contribution in [2.24, 2.45) is 0 Å². The van der Waals surface area contributed by atoms with Crippen LogP contribution in [-0.2, 0) is 14.3 Å². The van der Waals surface area contributed by atoms with Gasteiger partial charge in [-0.2, -0.15) is 0 Å². The topological polar surface area (TPSA) is 64.6 Å². The van der Waals surface area contributed by atoms with Gasteiger partial charge in [0.05, 0.1) is 12.2 Å². The molecule has 112 valence electrons. The van der Waals surface area contributed by atoms with Crippen molar-refractivity contribution in [2.75, 3.05) is 25.6 Å². The highest BCUT2D eigenvalue weighted by atomic mass is 32.1. The molecule has 0 atom stereocenters. The van der Waals surface area contributed by atoms with E-state index in [0.29, 0.717) is 36.6 Å². The largest absolute Gasteiger partial charge is 0.462 e. The fraction of sp³-hybridized carbons (Fsp3) is 0.571. The molecular weight excluding hydrogens is 278 g/mol. The SMILES string of the molecule is CCOC(=O)c1c(NC(=O)CCCOC)sc(C)c1C. The first-order chi connectivity index (χ1) is 9.51. The zero-order valence-corrected chi connectivity index (χ0v) is 13.2. The highest BCUT2D eigenvalue weighted by molar-refractivity contribution is 7.16. The third-order valence-electron chi connectivity index (χ3n) is 2.87. The maximum Gasteiger partial charge on any atom is 0.341 e. The normalized spacial score (nSPS) is 10.4. The van der Waals surface area contributed by atoms with Gasteiger partial charge in [0.25, 0.3) is 0 Å². The lowest BCUT2D eigenvalue weighted by Crippen LogP contribution is -2.15. The minimum atomic E-state index is -0.387. The first kappa shape index (κ1) is 16.7. The monoisotopic (exact) mass is 299 g/mol. The highest BCUT2D eigenvalue weighted by Crippen LogP contribution is 2.33. The van der Waals surface area contributed by atoms with Gasteiger partial charge in [-0.3, -0.25) is 4.79 Å². The summed E-state index contributed by atoms with van der Waals surface area (Å²) in [6.45, 7) is 6.40. The van der Waals surface area contributed by atoms with E-state index in [1.807, 2.05) is 13.8 Å². The summed E-state index contributed by atoms with van der Waals surface area (Å²) in [6.07, 6.45) is 1.02. The van der Waals surface area contributed by atoms with E-state index < -0.39 is 0 Å². The molecule has 1 amide bonds. The molecule has 0 aliphatic rings. The first-order valence-electron chi connectivity index (χ1n) is 6.57. The summed E-state index contributed by atoms with van der Waals surface area (Å²) in [6, 6.07) is 0. The summed E-state index contributed by atoms with van der Waals surface area (Å²) in [5.74, 6) is -0.504. The van der Waals surface area contributed by atoms with Gasteiger partial charge in [-0.1, -0.05) is 0 Å². The quantitative estimate of drug-likeness (QED) is 0.621. The molecule has 5 nitrogen and oxygen atoms in total. The predicted octanol–water partition coefficient (Wildman–Crippen LogP) is 2.91. The highest BCUT2D eigenvalue weighted by Gasteiger charge is 2.21. The number of hydrogen-bond donors (Lipinski definition) is 1. The number of methoxy groups -OCH3 is 1. The molecular formula is C14H21NO4S. The maximum atomic E-state index is 12.0. The van der Waals surface area contributed by atoms with Crippen LogP contribution in [0.3, 0.4) is 0 Å². The molecule has 0 fully saturated rings. The second kappa shape index (κ2) is 8.01. The second-order valence-electron chi connectivity index (χ2n) is 4.35. The zero-order chi connectivity index (χ0) is 15.1. The lowest BCUT2D eigenvalue weighted by Gasteiger charge is -2.07. The van der Waals surface area contributed by atoms with Crippen molar-refractivity contribution in [3.05, 3.63) is 16.0 Å². The Balaban J connectivity index is 2.81. The van der Waals surface area contributed by atoms with E-state index in [-0.39, 0.29) is 11.9 Å². The Hall–Kier alpha value is -1.40. The lowest BCUT2D eigenvalue weighted by atomic mass is 10.1. The molecule has 1 aromatic rings. The number of ether oxygens (including phenoxy) is 2. The van der Waals surface area contributed by atoms with E-state index >= 15 is 0 Å². The summed E-state index contributed by atoms with van der Waals surface area (Å²) in [5, 5.41) is 3.36. The van der Waals surface area contributed by atoms with E-state index in [9.17, 15) is 9.59 Å². The number of carbonyl (C=O) groups excluding carboxylic acids is 2. The van der Waals surface area contributed by atoms with Gasteiger partial charge in [-0.25, -0.2) is 4.79 Å². The van der Waals surface area contributed by atoms with Crippen LogP contribution in [0.1, 0.15) is 40.6 Å². The Kier molecular flexibility index (Phi) is 6.67. The summed E-state index contributed by atoms with van der Waals surface area (Å²) in [7, 11) is 1.60. The second-order valence-corrected chi connectivity index (χ2v) is 5.58. The molecule has 0 unspecified atom stereocenters. The van der Waals surface area contributed by atoms with Crippen molar-refractivity contribution in [2.45, 2.75) is 33.6 Å². The van der Waals surface area contributed by atoms with Crippen LogP contribution < -0.4 is 5.32 Å². The third-order valence-corrected chi connectivity index (χ3v) is 3.99. The average Bonchev–Trinajstić information content (AvgIpc) is 2.65. The number of thiophene rings is 1. The van der Waals surface area contributed by atoms with E-state index in [4.69, 9.17) is 9.47 Å². The smallest absolute Gasteiger partial charge is 0.341 e. The predicted molar refractivity (Wildman–Crippen MR) is 79.5 cm³/mol. The van der Waals surface area contributed by atoms with Crippen LogP contribution in [-0.4, -0.2) is 32.2 Å². The standard InChI is InChI=1S/C14H21NO4S/c1-5-19-14(17)12-9(2)10(3)20-13(12)15-11(16)7-6-8-18-4/h5-8H2,1-4H3,(H,15,16). The number of hydrogen-bond acceptors (Lipinski definition) is 5. The van der Waals surface area contributed by atoms with Crippen LogP contribution in [0.5, 0.6) is 0 Å². The molecule has 0 bridgehead atoms. The number of rotatable bonds is 7. The summed E-state index contributed by atoms with van der Waals surface area (Å²) in [5.41, 5.74) is 1.33. The molecule has 0 aromatic carbocycles. The Morgan fingerprint density at radius 1 is 1.30 bits per heavy atom. The summed E-state index contributed by atoms with van der Waals surface area (Å²) < 4.78 is 9.95. The van der Waals surface area contributed by atoms with Gasteiger partial charge < -0.3 is 14.8 Å². The van der Waals surface area contributed by atoms with Crippen molar-refractivity contribution < 1.29 is 19.1 Å². The number of anilines is 1. The molecule has 1 N–H and O–H groups in total. The molecule has 20 heavy (non-hydrogen) atoms. The van der Waals surface area contributed by atoms with Crippen molar-refractivity contribution in [3.8, 4) is 0 Å². The minimum absolute atomic E-state index is 0.117. The number of carbonyl (C=O) groups is 2. The molecule has 6 heteroatoms. The Morgan fingerprint density at radius 3 is 2.60 bits per heavy atom. The van der Waals surface area contributed by atoms with Crippen molar-refractivity contribution >= 4 is 28.2 Å². The minimum Gasteiger partial charge on any atom is -0.462 e. The van der Waals surface area contributed by atoms with Gasteiger partial charge in [0.15, 0.2) is 0 Å². The van der Waals surface area contributed by atoms with Crippen LogP contribution in [0, 0.1) is 13.8 Å². The summed E-state index contributed by atoms with van der Waals surface area (Å²) in [4.78, 5) is 24.8. The number of nitrogens with one attached hydrogen (secondary N) is 1.